The Morgan fingerprint density at radius 3 is 2.22 bits per heavy atom. The maximum atomic E-state index is 12.3. The van der Waals surface area contributed by atoms with Crippen LogP contribution in [-0.4, -0.2) is 50.3 Å². The molecule has 7 heteroatoms. The monoisotopic (exact) mass is 323 g/mol. The summed E-state index contributed by atoms with van der Waals surface area (Å²) in [5.74, 6) is -2.37. The first-order chi connectivity index (χ1) is 11.0. The van der Waals surface area contributed by atoms with Crippen molar-refractivity contribution >= 4 is 17.8 Å². The van der Waals surface area contributed by atoms with Gasteiger partial charge in [0.2, 0.25) is 5.54 Å². The van der Waals surface area contributed by atoms with Crippen molar-refractivity contribution in [2.75, 3.05) is 26.9 Å². The molecule has 0 aliphatic heterocycles. The van der Waals surface area contributed by atoms with Crippen molar-refractivity contribution in [2.24, 2.45) is 0 Å². The fourth-order valence-corrected chi connectivity index (χ4v) is 1.71. The molecule has 1 aromatic rings. The van der Waals surface area contributed by atoms with E-state index in [4.69, 9.17) is 14.2 Å². The van der Waals surface area contributed by atoms with E-state index in [2.05, 4.69) is 5.32 Å². The van der Waals surface area contributed by atoms with Gasteiger partial charge in [-0.25, -0.2) is 9.59 Å². The zero-order valence-electron chi connectivity index (χ0n) is 13.5. The third kappa shape index (κ3) is 5.07. The molecule has 1 aromatic carbocycles. The number of carbonyl (C=O) groups excluding carboxylic acids is 3. The minimum absolute atomic E-state index is 0.0362. The van der Waals surface area contributed by atoms with E-state index in [9.17, 15) is 14.4 Å². The molecule has 23 heavy (non-hydrogen) atoms. The van der Waals surface area contributed by atoms with Crippen molar-refractivity contribution in [3.05, 3.63) is 35.9 Å². The van der Waals surface area contributed by atoms with Crippen LogP contribution in [-0.2, 0) is 23.8 Å². The topological polar surface area (TPSA) is 90.9 Å². The van der Waals surface area contributed by atoms with Gasteiger partial charge in [0.1, 0.15) is 6.61 Å². The Kier molecular flexibility index (Phi) is 7.21. The van der Waals surface area contributed by atoms with Crippen LogP contribution in [0.25, 0.3) is 0 Å². The molecule has 0 fully saturated rings. The third-order valence-electron chi connectivity index (χ3n) is 3.01. The molecule has 0 aliphatic carbocycles. The van der Waals surface area contributed by atoms with E-state index in [0.29, 0.717) is 5.56 Å². The number of esters is 2. The van der Waals surface area contributed by atoms with E-state index >= 15 is 0 Å². The van der Waals surface area contributed by atoms with Crippen LogP contribution < -0.4 is 5.32 Å². The van der Waals surface area contributed by atoms with Gasteiger partial charge < -0.3 is 19.5 Å². The number of amides is 1. The second kappa shape index (κ2) is 8.89. The van der Waals surface area contributed by atoms with Crippen molar-refractivity contribution in [3.8, 4) is 0 Å². The Morgan fingerprint density at radius 1 is 1.04 bits per heavy atom. The first-order valence-corrected chi connectivity index (χ1v) is 7.16. The summed E-state index contributed by atoms with van der Waals surface area (Å²) in [7, 11) is 1.45. The number of hydrogen-bond donors (Lipinski definition) is 1. The van der Waals surface area contributed by atoms with E-state index in [1.165, 1.54) is 14.0 Å². The lowest BCUT2D eigenvalue weighted by Gasteiger charge is -2.26. The van der Waals surface area contributed by atoms with Gasteiger partial charge in [0, 0.05) is 12.7 Å². The molecule has 7 nitrogen and oxygen atoms in total. The lowest BCUT2D eigenvalue weighted by Crippen LogP contribution is -2.59. The minimum Gasteiger partial charge on any atom is -0.464 e. The second-order valence-corrected chi connectivity index (χ2v) is 4.79. The van der Waals surface area contributed by atoms with E-state index in [1.54, 1.807) is 37.3 Å². The van der Waals surface area contributed by atoms with Gasteiger partial charge in [-0.15, -0.1) is 0 Å². The first-order valence-electron chi connectivity index (χ1n) is 7.16. The number of hydrogen-bond acceptors (Lipinski definition) is 6. The summed E-state index contributed by atoms with van der Waals surface area (Å²) in [4.78, 5) is 36.6. The summed E-state index contributed by atoms with van der Waals surface area (Å²) in [6, 6.07) is 8.23. The zero-order valence-corrected chi connectivity index (χ0v) is 13.5. The first kappa shape index (κ1) is 18.6. The molecule has 0 bridgehead atoms. The Bertz CT molecular complexity index is 545. The average Bonchev–Trinajstić information content (AvgIpc) is 2.55. The summed E-state index contributed by atoms with van der Waals surface area (Å²) in [6.07, 6.45) is 0. The van der Waals surface area contributed by atoms with Gasteiger partial charge in [-0.1, -0.05) is 18.2 Å². The molecule has 1 amide bonds. The summed E-state index contributed by atoms with van der Waals surface area (Å²) in [5, 5.41) is 2.39. The van der Waals surface area contributed by atoms with Crippen LogP contribution in [0.3, 0.4) is 0 Å². The maximum Gasteiger partial charge on any atom is 0.343 e. The Balaban J connectivity index is 2.93. The number of benzene rings is 1. The molecule has 0 unspecified atom stereocenters. The number of rotatable bonds is 8. The number of carbonyl (C=O) groups is 3. The predicted molar refractivity (Wildman–Crippen MR) is 81.8 cm³/mol. The lowest BCUT2D eigenvalue weighted by atomic mass is 10.0. The van der Waals surface area contributed by atoms with E-state index in [1.807, 2.05) is 0 Å². The van der Waals surface area contributed by atoms with Gasteiger partial charge in [-0.3, -0.25) is 4.79 Å². The molecule has 1 N–H and O–H groups in total. The molecule has 0 saturated heterocycles. The van der Waals surface area contributed by atoms with Crippen molar-refractivity contribution in [1.29, 1.82) is 0 Å². The maximum absolute atomic E-state index is 12.3. The number of nitrogens with one attached hydrogen (secondary N) is 1. The highest BCUT2D eigenvalue weighted by Crippen LogP contribution is 2.12. The molecule has 0 saturated carbocycles. The van der Waals surface area contributed by atoms with Crippen LogP contribution >= 0.6 is 0 Å². The summed E-state index contributed by atoms with van der Waals surface area (Å²) in [6.45, 7) is 3.07. The zero-order chi connectivity index (χ0) is 17.3. The van der Waals surface area contributed by atoms with Crippen molar-refractivity contribution in [1.82, 2.24) is 5.32 Å². The van der Waals surface area contributed by atoms with Gasteiger partial charge in [0.25, 0.3) is 5.91 Å². The molecule has 1 rings (SSSR count). The molecule has 0 aliphatic rings. The van der Waals surface area contributed by atoms with Gasteiger partial charge in [0.05, 0.1) is 13.2 Å². The van der Waals surface area contributed by atoms with Crippen molar-refractivity contribution in [3.63, 3.8) is 0 Å². The number of ether oxygens (including phenoxy) is 3. The Labute approximate surface area is 134 Å². The van der Waals surface area contributed by atoms with E-state index in [0.717, 1.165) is 0 Å². The van der Waals surface area contributed by atoms with Gasteiger partial charge >= 0.3 is 11.9 Å². The Morgan fingerprint density at radius 2 is 1.65 bits per heavy atom. The molecule has 126 valence electrons. The smallest absolute Gasteiger partial charge is 0.343 e. The van der Waals surface area contributed by atoms with Crippen molar-refractivity contribution in [2.45, 2.75) is 19.4 Å². The molecule has 1 atom stereocenters. The third-order valence-corrected chi connectivity index (χ3v) is 3.01. The average molecular weight is 323 g/mol. The summed E-state index contributed by atoms with van der Waals surface area (Å²) >= 11 is 0. The van der Waals surface area contributed by atoms with Crippen molar-refractivity contribution < 1.29 is 28.6 Å². The van der Waals surface area contributed by atoms with Gasteiger partial charge in [0.15, 0.2) is 0 Å². The summed E-state index contributed by atoms with van der Waals surface area (Å²) < 4.78 is 14.6. The quantitative estimate of drug-likeness (QED) is 0.435. The Hall–Kier alpha value is -2.41. The van der Waals surface area contributed by atoms with Crippen LogP contribution in [0.2, 0.25) is 0 Å². The SMILES string of the molecule is CCOC(=O)[C@](C)(NC(=O)c1ccccc1)C(=O)OCCOC. The van der Waals surface area contributed by atoms with Crippen LogP contribution in [0.4, 0.5) is 0 Å². The second-order valence-electron chi connectivity index (χ2n) is 4.79. The van der Waals surface area contributed by atoms with Crippen LogP contribution in [0.5, 0.6) is 0 Å². The minimum atomic E-state index is -1.93. The van der Waals surface area contributed by atoms with E-state index < -0.39 is 23.4 Å². The molecule has 0 heterocycles. The van der Waals surface area contributed by atoms with Crippen LogP contribution in [0.1, 0.15) is 24.2 Å². The predicted octanol–water partition coefficient (Wildman–Crippen LogP) is 0.928. The fraction of sp³-hybridized carbons (Fsp3) is 0.438. The highest BCUT2D eigenvalue weighted by atomic mass is 16.6. The number of methoxy groups -OCH3 is 1. The molecule has 0 spiro atoms. The van der Waals surface area contributed by atoms with Gasteiger partial charge in [-0.05, 0) is 26.0 Å². The van der Waals surface area contributed by atoms with Crippen LogP contribution in [0, 0.1) is 0 Å². The summed E-state index contributed by atoms with van der Waals surface area (Å²) in [5.41, 5.74) is -1.62. The normalized spacial score (nSPS) is 12.8. The molecule has 0 aromatic heterocycles. The molecular formula is C16H21NO6. The largest absolute Gasteiger partial charge is 0.464 e. The highest BCUT2D eigenvalue weighted by Gasteiger charge is 2.46. The van der Waals surface area contributed by atoms with Gasteiger partial charge in [-0.2, -0.15) is 0 Å². The van der Waals surface area contributed by atoms with Crippen LogP contribution in [0.15, 0.2) is 30.3 Å². The van der Waals surface area contributed by atoms with E-state index in [-0.39, 0.29) is 19.8 Å². The molecular weight excluding hydrogens is 302 g/mol. The molecule has 0 radical (unpaired) electrons. The fourth-order valence-electron chi connectivity index (χ4n) is 1.71. The lowest BCUT2D eigenvalue weighted by molar-refractivity contribution is -0.165. The standard InChI is InChI=1S/C16H21NO6/c1-4-22-14(19)16(2,15(20)23-11-10-21-3)17-13(18)12-8-6-5-7-9-12/h5-9H,4,10-11H2,1-3H3,(H,17,18)/t16-/m0/s1. The highest BCUT2D eigenvalue weighted by molar-refractivity contribution is 6.09.